The van der Waals surface area contributed by atoms with E-state index >= 15 is 0 Å². The number of carboxylic acids is 1. The third-order valence-electron chi connectivity index (χ3n) is 3.14. The molecule has 22 heavy (non-hydrogen) atoms. The number of aromatic carboxylic acids is 1. The Kier molecular flexibility index (Phi) is 3.64. The van der Waals surface area contributed by atoms with E-state index in [0.717, 1.165) is 10.7 Å². The average Bonchev–Trinajstić information content (AvgIpc) is 2.88. The highest BCUT2D eigenvalue weighted by Gasteiger charge is 2.15. The van der Waals surface area contributed by atoms with Gasteiger partial charge in [-0.1, -0.05) is 6.07 Å². The molecular formula is C15H12N2O4S. The fraction of sp³-hybridized carbons (Fsp3) is 0.133. The fourth-order valence-electron chi connectivity index (χ4n) is 2.05. The molecule has 0 aliphatic rings. The standard InChI is InChI=1S/C15H12N2O4S/c1-8(10-4-2-3-5-16-10)17-13-7-11-12(22-13)6-9(14(18)19)15(20)21-11/h2-8,17H,1H3,(H,18,19). The molecule has 0 saturated heterocycles. The monoisotopic (exact) mass is 316 g/mol. The number of pyridine rings is 1. The zero-order chi connectivity index (χ0) is 15.7. The lowest BCUT2D eigenvalue weighted by atomic mass is 10.2. The van der Waals surface area contributed by atoms with E-state index in [1.165, 1.54) is 17.4 Å². The van der Waals surface area contributed by atoms with E-state index < -0.39 is 11.6 Å². The van der Waals surface area contributed by atoms with E-state index in [0.29, 0.717) is 10.3 Å². The topological polar surface area (TPSA) is 92.4 Å². The zero-order valence-corrected chi connectivity index (χ0v) is 12.4. The van der Waals surface area contributed by atoms with Crippen LogP contribution in [0, 0.1) is 0 Å². The lowest BCUT2D eigenvalue weighted by Gasteiger charge is -2.12. The second-order valence-corrected chi connectivity index (χ2v) is 5.80. The molecule has 0 amide bonds. The number of carbonyl (C=O) groups is 1. The first-order chi connectivity index (χ1) is 10.5. The van der Waals surface area contributed by atoms with Crippen molar-refractivity contribution in [2.24, 2.45) is 0 Å². The highest BCUT2D eigenvalue weighted by molar-refractivity contribution is 7.22. The predicted octanol–water partition coefficient (Wildman–Crippen LogP) is 3.12. The van der Waals surface area contributed by atoms with Crippen molar-refractivity contribution < 1.29 is 14.3 Å². The molecule has 0 aliphatic heterocycles. The number of hydrogen-bond donors (Lipinski definition) is 2. The van der Waals surface area contributed by atoms with Gasteiger partial charge in [0.25, 0.3) is 0 Å². The van der Waals surface area contributed by atoms with E-state index in [9.17, 15) is 9.59 Å². The molecule has 6 nitrogen and oxygen atoms in total. The highest BCUT2D eigenvalue weighted by Crippen LogP contribution is 2.31. The fourth-order valence-corrected chi connectivity index (χ4v) is 3.07. The van der Waals surface area contributed by atoms with Gasteiger partial charge in [-0.15, -0.1) is 11.3 Å². The van der Waals surface area contributed by atoms with Gasteiger partial charge in [0.15, 0.2) is 5.58 Å². The largest absolute Gasteiger partial charge is 0.477 e. The molecule has 3 rings (SSSR count). The first-order valence-electron chi connectivity index (χ1n) is 6.53. The van der Waals surface area contributed by atoms with Gasteiger partial charge in [0.2, 0.25) is 0 Å². The van der Waals surface area contributed by atoms with Gasteiger partial charge < -0.3 is 14.8 Å². The van der Waals surface area contributed by atoms with Gasteiger partial charge in [0.1, 0.15) is 5.56 Å². The number of hydrogen-bond acceptors (Lipinski definition) is 6. The number of aromatic nitrogens is 1. The Labute approximate surface area is 129 Å². The quantitative estimate of drug-likeness (QED) is 0.768. The summed E-state index contributed by atoms with van der Waals surface area (Å²) < 4.78 is 5.64. The lowest BCUT2D eigenvalue weighted by Crippen LogP contribution is -2.12. The summed E-state index contributed by atoms with van der Waals surface area (Å²) >= 11 is 1.33. The lowest BCUT2D eigenvalue weighted by molar-refractivity contribution is 0.0692. The van der Waals surface area contributed by atoms with E-state index in [2.05, 4.69) is 10.3 Å². The summed E-state index contributed by atoms with van der Waals surface area (Å²) in [6.45, 7) is 1.96. The van der Waals surface area contributed by atoms with Gasteiger partial charge in [-0.2, -0.15) is 0 Å². The van der Waals surface area contributed by atoms with Crippen LogP contribution in [0.5, 0.6) is 0 Å². The van der Waals surface area contributed by atoms with Crippen molar-refractivity contribution in [1.82, 2.24) is 4.98 Å². The van der Waals surface area contributed by atoms with Crippen LogP contribution in [0.15, 0.2) is 45.7 Å². The minimum atomic E-state index is -1.29. The van der Waals surface area contributed by atoms with Gasteiger partial charge in [0, 0.05) is 12.3 Å². The molecule has 3 aromatic rings. The molecular weight excluding hydrogens is 304 g/mol. The van der Waals surface area contributed by atoms with Crippen LogP contribution in [0.1, 0.15) is 29.0 Å². The summed E-state index contributed by atoms with van der Waals surface area (Å²) in [6, 6.07) is 8.66. The van der Waals surface area contributed by atoms with Gasteiger partial charge in [-0.3, -0.25) is 4.98 Å². The average molecular weight is 316 g/mol. The summed E-state index contributed by atoms with van der Waals surface area (Å²) in [5.74, 6) is -1.29. The normalized spacial score (nSPS) is 12.2. The van der Waals surface area contributed by atoms with E-state index in [1.807, 2.05) is 25.1 Å². The third kappa shape index (κ3) is 2.71. The molecule has 1 unspecified atom stereocenters. The Balaban J connectivity index is 1.92. The number of rotatable bonds is 4. The Bertz CT molecular complexity index is 885. The molecule has 7 heteroatoms. The first-order valence-corrected chi connectivity index (χ1v) is 7.34. The molecule has 0 spiro atoms. The van der Waals surface area contributed by atoms with Crippen LogP contribution >= 0.6 is 11.3 Å². The summed E-state index contributed by atoms with van der Waals surface area (Å²) in [5.41, 5.74) is 0.0455. The van der Waals surface area contributed by atoms with Crippen LogP contribution < -0.4 is 10.9 Å². The number of nitrogens with zero attached hydrogens (tertiary/aromatic N) is 1. The molecule has 0 aliphatic carbocycles. The zero-order valence-electron chi connectivity index (χ0n) is 11.6. The minimum Gasteiger partial charge on any atom is -0.477 e. The number of nitrogens with one attached hydrogen (secondary N) is 1. The number of thiophene rings is 1. The predicted molar refractivity (Wildman–Crippen MR) is 83.6 cm³/mol. The Morgan fingerprint density at radius 3 is 2.91 bits per heavy atom. The number of fused-ring (bicyclic) bond motifs is 1. The van der Waals surface area contributed by atoms with Crippen LogP contribution in [0.25, 0.3) is 10.3 Å². The second-order valence-electron chi connectivity index (χ2n) is 4.71. The number of carboxylic acid groups (broad SMARTS) is 1. The molecule has 0 radical (unpaired) electrons. The molecule has 0 saturated carbocycles. The van der Waals surface area contributed by atoms with Gasteiger partial charge in [-0.25, -0.2) is 9.59 Å². The maximum absolute atomic E-state index is 11.6. The van der Waals surface area contributed by atoms with Gasteiger partial charge in [-0.05, 0) is 25.1 Å². The van der Waals surface area contributed by atoms with Crippen molar-refractivity contribution >= 4 is 32.6 Å². The number of anilines is 1. The van der Waals surface area contributed by atoms with Gasteiger partial charge >= 0.3 is 11.6 Å². The van der Waals surface area contributed by atoms with E-state index in [-0.39, 0.29) is 11.6 Å². The van der Waals surface area contributed by atoms with E-state index in [1.54, 1.807) is 12.3 Å². The van der Waals surface area contributed by atoms with Crippen molar-refractivity contribution in [3.8, 4) is 0 Å². The van der Waals surface area contributed by atoms with Gasteiger partial charge in [0.05, 0.1) is 21.4 Å². The van der Waals surface area contributed by atoms with Crippen molar-refractivity contribution in [2.75, 3.05) is 5.32 Å². The van der Waals surface area contributed by atoms with Crippen LogP contribution in [-0.4, -0.2) is 16.1 Å². The molecule has 0 aromatic carbocycles. The smallest absolute Gasteiger partial charge is 0.351 e. The van der Waals surface area contributed by atoms with Crippen LogP contribution in [0.3, 0.4) is 0 Å². The molecule has 1 atom stereocenters. The van der Waals surface area contributed by atoms with Crippen molar-refractivity contribution in [2.45, 2.75) is 13.0 Å². The second kappa shape index (κ2) is 5.61. The molecule has 3 heterocycles. The summed E-state index contributed by atoms with van der Waals surface area (Å²) in [5, 5.41) is 13.0. The van der Waals surface area contributed by atoms with E-state index in [4.69, 9.17) is 9.52 Å². The van der Waals surface area contributed by atoms with Crippen molar-refractivity contribution in [3.63, 3.8) is 0 Å². The van der Waals surface area contributed by atoms with Crippen molar-refractivity contribution in [1.29, 1.82) is 0 Å². The molecule has 0 bridgehead atoms. The summed E-state index contributed by atoms with van der Waals surface area (Å²) in [6.07, 6.45) is 1.72. The molecule has 3 aromatic heterocycles. The molecule has 0 fully saturated rings. The maximum Gasteiger partial charge on any atom is 0.351 e. The van der Waals surface area contributed by atoms with Crippen LogP contribution in [0.2, 0.25) is 0 Å². The maximum atomic E-state index is 11.6. The Morgan fingerprint density at radius 1 is 1.41 bits per heavy atom. The van der Waals surface area contributed by atoms with Crippen LogP contribution in [0.4, 0.5) is 5.00 Å². The first kappa shape index (κ1) is 14.3. The third-order valence-corrected chi connectivity index (χ3v) is 4.14. The molecule has 112 valence electrons. The minimum absolute atomic E-state index is 0.0278. The summed E-state index contributed by atoms with van der Waals surface area (Å²) in [4.78, 5) is 26.8. The summed E-state index contributed by atoms with van der Waals surface area (Å²) in [7, 11) is 0. The highest BCUT2D eigenvalue weighted by atomic mass is 32.1. The SMILES string of the molecule is CC(Nc1cc2oc(=O)c(C(=O)O)cc2s1)c1ccccn1. The van der Waals surface area contributed by atoms with Crippen molar-refractivity contribution in [3.05, 3.63) is 58.2 Å². The molecule has 2 N–H and O–H groups in total. The Morgan fingerprint density at radius 2 is 2.23 bits per heavy atom. The Hall–Kier alpha value is -2.67. The van der Waals surface area contributed by atoms with Crippen LogP contribution in [-0.2, 0) is 0 Å².